The van der Waals surface area contributed by atoms with Crippen molar-refractivity contribution in [3.63, 3.8) is 0 Å². The molecule has 0 bridgehead atoms. The van der Waals surface area contributed by atoms with E-state index in [0.29, 0.717) is 13.1 Å². The number of nitrogens with one attached hydrogen (secondary N) is 4. The zero-order valence-electron chi connectivity index (χ0n) is 8.87. The Hall–Kier alpha value is -1.60. The summed E-state index contributed by atoms with van der Waals surface area (Å²) in [5.41, 5.74) is -0.162. The number of hydrogen-bond donors (Lipinski definition) is 4. The van der Waals surface area contributed by atoms with Crippen LogP contribution in [0.4, 0.5) is 0 Å². The molecule has 1 aliphatic heterocycles. The van der Waals surface area contributed by atoms with Crippen LogP contribution in [-0.4, -0.2) is 48.2 Å². The number of ether oxygens (including phenoxy) is 1. The number of carbonyl (C=O) groups excluding carboxylic acids is 1. The van der Waals surface area contributed by atoms with Gasteiger partial charge >= 0.3 is 5.69 Å². The second kappa shape index (κ2) is 4.50. The third kappa shape index (κ3) is 2.15. The van der Waals surface area contributed by atoms with Gasteiger partial charge in [0.15, 0.2) is 0 Å². The van der Waals surface area contributed by atoms with Crippen molar-refractivity contribution in [2.45, 2.75) is 12.1 Å². The van der Waals surface area contributed by atoms with Crippen molar-refractivity contribution in [3.05, 3.63) is 22.4 Å². The van der Waals surface area contributed by atoms with Crippen LogP contribution in [0.1, 0.15) is 10.5 Å². The number of methoxy groups -OCH3 is 1. The van der Waals surface area contributed by atoms with Crippen LogP contribution in [0.3, 0.4) is 0 Å². The third-order valence-electron chi connectivity index (χ3n) is 2.62. The maximum Gasteiger partial charge on any atom is 0.323 e. The summed E-state index contributed by atoms with van der Waals surface area (Å²) in [6, 6.07) is -0.0732. The predicted octanol–water partition coefficient (Wildman–Crippen LogP) is -1.58. The molecule has 0 aliphatic carbocycles. The van der Waals surface area contributed by atoms with E-state index < -0.39 is 5.69 Å². The Morgan fingerprint density at radius 3 is 3.00 bits per heavy atom. The fourth-order valence-corrected chi connectivity index (χ4v) is 1.75. The van der Waals surface area contributed by atoms with E-state index >= 15 is 0 Å². The van der Waals surface area contributed by atoms with Crippen LogP contribution in [0.15, 0.2) is 11.0 Å². The number of imidazole rings is 1. The topological polar surface area (TPSA) is 99.0 Å². The van der Waals surface area contributed by atoms with Gasteiger partial charge in [-0.2, -0.15) is 0 Å². The SMILES string of the molecule is COC1CNCC1NC(=O)c1c[nH]c(=O)[nH]1. The summed E-state index contributed by atoms with van der Waals surface area (Å²) >= 11 is 0. The summed E-state index contributed by atoms with van der Waals surface area (Å²) < 4.78 is 5.21. The van der Waals surface area contributed by atoms with Gasteiger partial charge in [-0.15, -0.1) is 0 Å². The van der Waals surface area contributed by atoms with E-state index in [4.69, 9.17) is 4.74 Å². The molecule has 16 heavy (non-hydrogen) atoms. The van der Waals surface area contributed by atoms with E-state index in [9.17, 15) is 9.59 Å². The molecule has 2 heterocycles. The van der Waals surface area contributed by atoms with Crippen LogP contribution in [0.25, 0.3) is 0 Å². The lowest BCUT2D eigenvalue weighted by molar-refractivity contribution is 0.0776. The highest BCUT2D eigenvalue weighted by Gasteiger charge is 2.28. The summed E-state index contributed by atoms with van der Waals surface area (Å²) in [6.07, 6.45) is 1.32. The lowest BCUT2D eigenvalue weighted by Crippen LogP contribution is -2.43. The summed E-state index contributed by atoms with van der Waals surface area (Å²) in [5.74, 6) is -0.311. The first-order valence-corrected chi connectivity index (χ1v) is 5.03. The molecular weight excluding hydrogens is 212 g/mol. The van der Waals surface area contributed by atoms with Crippen LogP contribution >= 0.6 is 0 Å². The fraction of sp³-hybridized carbons (Fsp3) is 0.556. The molecule has 0 aromatic carbocycles. The van der Waals surface area contributed by atoms with Gasteiger partial charge in [0.1, 0.15) is 5.69 Å². The number of carbonyl (C=O) groups is 1. The van der Waals surface area contributed by atoms with Gasteiger partial charge in [0.25, 0.3) is 5.91 Å². The molecule has 7 heteroatoms. The summed E-state index contributed by atoms with van der Waals surface area (Å²) in [4.78, 5) is 27.3. The van der Waals surface area contributed by atoms with Crippen LogP contribution in [0.5, 0.6) is 0 Å². The number of hydrogen-bond acceptors (Lipinski definition) is 4. The maximum absolute atomic E-state index is 11.7. The van der Waals surface area contributed by atoms with E-state index in [-0.39, 0.29) is 23.7 Å². The molecule has 2 atom stereocenters. The molecule has 1 aliphatic rings. The number of rotatable bonds is 3. The van der Waals surface area contributed by atoms with Crippen molar-refractivity contribution in [2.24, 2.45) is 0 Å². The highest BCUT2D eigenvalue weighted by atomic mass is 16.5. The van der Waals surface area contributed by atoms with E-state index in [1.165, 1.54) is 6.20 Å². The lowest BCUT2D eigenvalue weighted by atomic mass is 10.2. The number of amides is 1. The molecule has 4 N–H and O–H groups in total. The molecule has 1 aromatic heterocycles. The van der Waals surface area contributed by atoms with Gasteiger partial charge in [-0.25, -0.2) is 4.79 Å². The first kappa shape index (κ1) is 10.9. The molecule has 1 saturated heterocycles. The third-order valence-corrected chi connectivity index (χ3v) is 2.62. The Bertz CT molecular complexity index is 424. The predicted molar refractivity (Wildman–Crippen MR) is 56.3 cm³/mol. The van der Waals surface area contributed by atoms with Crippen molar-refractivity contribution < 1.29 is 9.53 Å². The van der Waals surface area contributed by atoms with E-state index in [1.54, 1.807) is 7.11 Å². The van der Waals surface area contributed by atoms with Crippen molar-refractivity contribution in [2.75, 3.05) is 20.2 Å². The summed E-state index contributed by atoms with van der Waals surface area (Å²) in [5, 5.41) is 5.91. The lowest BCUT2D eigenvalue weighted by Gasteiger charge is -2.17. The highest BCUT2D eigenvalue weighted by molar-refractivity contribution is 5.92. The molecule has 0 saturated carbocycles. The summed E-state index contributed by atoms with van der Waals surface area (Å²) in [6.45, 7) is 1.38. The van der Waals surface area contributed by atoms with Crippen LogP contribution in [0, 0.1) is 0 Å². The van der Waals surface area contributed by atoms with E-state index in [0.717, 1.165) is 0 Å². The second-order valence-corrected chi connectivity index (χ2v) is 3.67. The minimum atomic E-state index is -0.391. The molecule has 0 spiro atoms. The molecule has 88 valence electrons. The van der Waals surface area contributed by atoms with Gasteiger partial charge < -0.3 is 25.3 Å². The largest absolute Gasteiger partial charge is 0.378 e. The van der Waals surface area contributed by atoms with Crippen LogP contribution < -0.4 is 16.3 Å². The average Bonchev–Trinajstić information content (AvgIpc) is 2.86. The second-order valence-electron chi connectivity index (χ2n) is 3.67. The first-order valence-electron chi connectivity index (χ1n) is 5.03. The molecule has 1 fully saturated rings. The Kier molecular flexibility index (Phi) is 3.07. The molecular formula is C9H14N4O3. The summed E-state index contributed by atoms with van der Waals surface area (Å²) in [7, 11) is 1.61. The van der Waals surface area contributed by atoms with Gasteiger partial charge in [0.2, 0.25) is 0 Å². The molecule has 1 aromatic rings. The van der Waals surface area contributed by atoms with E-state index in [2.05, 4.69) is 20.6 Å². The van der Waals surface area contributed by atoms with Crippen LogP contribution in [0.2, 0.25) is 0 Å². The smallest absolute Gasteiger partial charge is 0.323 e. The van der Waals surface area contributed by atoms with Crippen molar-refractivity contribution in [3.8, 4) is 0 Å². The minimum Gasteiger partial charge on any atom is -0.378 e. The Balaban J connectivity index is 1.99. The zero-order valence-corrected chi connectivity index (χ0v) is 8.87. The fourth-order valence-electron chi connectivity index (χ4n) is 1.75. The van der Waals surface area contributed by atoms with Crippen molar-refractivity contribution >= 4 is 5.91 Å². The molecule has 0 radical (unpaired) electrons. The van der Waals surface area contributed by atoms with Crippen molar-refractivity contribution in [1.82, 2.24) is 20.6 Å². The molecule has 2 unspecified atom stereocenters. The van der Waals surface area contributed by atoms with Gasteiger partial charge in [0.05, 0.1) is 12.1 Å². The van der Waals surface area contributed by atoms with E-state index in [1.807, 2.05) is 0 Å². The normalized spacial score (nSPS) is 24.6. The number of aromatic amines is 2. The monoisotopic (exact) mass is 226 g/mol. The quantitative estimate of drug-likeness (QED) is 0.500. The number of aromatic nitrogens is 2. The molecule has 2 rings (SSSR count). The molecule has 7 nitrogen and oxygen atoms in total. The van der Waals surface area contributed by atoms with Crippen molar-refractivity contribution in [1.29, 1.82) is 0 Å². The van der Waals surface area contributed by atoms with Crippen LogP contribution in [-0.2, 0) is 4.74 Å². The van der Waals surface area contributed by atoms with Gasteiger partial charge in [-0.05, 0) is 0 Å². The highest BCUT2D eigenvalue weighted by Crippen LogP contribution is 2.04. The first-order chi connectivity index (χ1) is 7.70. The van der Waals surface area contributed by atoms with Gasteiger partial charge in [0, 0.05) is 26.4 Å². The Morgan fingerprint density at radius 2 is 2.38 bits per heavy atom. The standard InChI is InChI=1S/C9H14N4O3/c1-16-7-4-10-2-5(7)12-8(14)6-3-11-9(15)13-6/h3,5,7,10H,2,4H2,1H3,(H,12,14)(H2,11,13,15). The average molecular weight is 226 g/mol. The molecule has 1 amide bonds. The Labute approximate surface area is 91.6 Å². The van der Waals surface area contributed by atoms with Gasteiger partial charge in [-0.1, -0.05) is 0 Å². The maximum atomic E-state index is 11.7. The minimum absolute atomic E-state index is 0.0328. The Morgan fingerprint density at radius 1 is 1.56 bits per heavy atom. The van der Waals surface area contributed by atoms with Gasteiger partial charge in [-0.3, -0.25) is 4.79 Å². The zero-order chi connectivity index (χ0) is 11.5. The number of H-pyrrole nitrogens is 2.